The second-order valence-electron chi connectivity index (χ2n) is 3.71. The first-order valence-corrected chi connectivity index (χ1v) is 5.42. The normalized spacial score (nSPS) is 11.8. The van der Waals surface area contributed by atoms with Crippen LogP contribution in [0, 0.1) is 10.8 Å². The zero-order valence-corrected chi connectivity index (χ0v) is 10.6. The van der Waals surface area contributed by atoms with Crippen molar-refractivity contribution in [3.8, 4) is 0 Å². The maximum absolute atomic E-state index is 4.35. The van der Waals surface area contributed by atoms with E-state index in [-0.39, 0.29) is 5.41 Å². The Hall–Kier alpha value is -0.260. The highest BCUT2D eigenvalue weighted by Gasteiger charge is 2.22. The van der Waals surface area contributed by atoms with E-state index in [4.69, 9.17) is 0 Å². The van der Waals surface area contributed by atoms with Crippen LogP contribution in [0.4, 0.5) is 0 Å². The van der Waals surface area contributed by atoms with Crippen LogP contribution in [-0.2, 0) is 5.41 Å². The summed E-state index contributed by atoms with van der Waals surface area (Å²) in [5, 5.41) is 0. The highest BCUT2D eigenvalue weighted by molar-refractivity contribution is 14.1. The molecule has 4 heteroatoms. The fourth-order valence-electron chi connectivity index (χ4n) is 0.910. The molecule has 1 rings (SSSR count). The Morgan fingerprint density at radius 2 is 1.85 bits per heavy atom. The Kier molecular flexibility index (Phi) is 3.21. The van der Waals surface area contributed by atoms with E-state index < -0.39 is 0 Å². The summed E-state index contributed by atoms with van der Waals surface area (Å²) in [6.45, 7) is 8.35. The molecular weight excluding hydrogens is 277 g/mol. The number of nitrogens with zero attached hydrogens (tertiary/aromatic N) is 3. The van der Waals surface area contributed by atoms with Crippen LogP contribution in [0.5, 0.6) is 0 Å². The number of hydrogen-bond acceptors (Lipinski definition) is 3. The lowest BCUT2D eigenvalue weighted by atomic mass is 9.89. The van der Waals surface area contributed by atoms with Gasteiger partial charge in [0, 0.05) is 28.0 Å². The van der Waals surface area contributed by atoms with Gasteiger partial charge in [0.1, 0.15) is 11.6 Å². The van der Waals surface area contributed by atoms with Crippen molar-refractivity contribution in [3.63, 3.8) is 0 Å². The highest BCUT2D eigenvalue weighted by atomic mass is 127. The Balaban J connectivity index is 3.15. The predicted molar refractivity (Wildman–Crippen MR) is 60.6 cm³/mol. The summed E-state index contributed by atoms with van der Waals surface area (Å²) in [5.41, 5.74) is 0.0492. The van der Waals surface area contributed by atoms with Gasteiger partial charge in [-0.15, -0.1) is 0 Å². The Morgan fingerprint density at radius 3 is 2.31 bits per heavy atom. The molecule has 3 nitrogen and oxygen atoms in total. The summed E-state index contributed by atoms with van der Waals surface area (Å²) in [5.74, 6) is 1.70. The molecule has 0 aliphatic rings. The van der Waals surface area contributed by atoms with E-state index in [0.717, 1.165) is 21.9 Å². The molecule has 0 bridgehead atoms. The molecule has 0 N–H and O–H groups in total. The number of aromatic nitrogens is 3. The number of aryl methyl sites for hydroxylation is 1. The number of halogens is 1. The average Bonchev–Trinajstić information content (AvgIpc) is 2.02. The molecule has 0 radical (unpaired) electrons. The molecule has 0 aliphatic heterocycles. The van der Waals surface area contributed by atoms with Crippen LogP contribution in [0.2, 0.25) is 0 Å². The van der Waals surface area contributed by atoms with Gasteiger partial charge in [0.15, 0.2) is 3.83 Å². The van der Waals surface area contributed by atoms with Crippen LogP contribution in [0.25, 0.3) is 0 Å². The molecule has 0 amide bonds. The third kappa shape index (κ3) is 2.59. The molecule has 72 valence electrons. The van der Waals surface area contributed by atoms with Gasteiger partial charge >= 0.3 is 0 Å². The smallest absolute Gasteiger partial charge is 0.194 e. The quantitative estimate of drug-likeness (QED) is 0.786. The minimum atomic E-state index is 0.0492. The van der Waals surface area contributed by atoms with E-state index in [1.54, 1.807) is 0 Å². The predicted octanol–water partition coefficient (Wildman–Crippen LogP) is 2.47. The van der Waals surface area contributed by atoms with Crippen molar-refractivity contribution in [1.82, 2.24) is 15.0 Å². The van der Waals surface area contributed by atoms with E-state index in [0.29, 0.717) is 0 Å². The van der Waals surface area contributed by atoms with Crippen molar-refractivity contribution in [2.75, 3.05) is 0 Å². The van der Waals surface area contributed by atoms with Gasteiger partial charge < -0.3 is 0 Å². The first-order chi connectivity index (χ1) is 5.95. The van der Waals surface area contributed by atoms with E-state index in [1.807, 2.05) is 6.92 Å². The zero-order valence-electron chi connectivity index (χ0n) is 8.43. The van der Waals surface area contributed by atoms with Crippen LogP contribution in [0.3, 0.4) is 0 Å². The fraction of sp³-hybridized carbons (Fsp3) is 0.667. The molecule has 0 saturated carbocycles. The van der Waals surface area contributed by atoms with Crippen molar-refractivity contribution in [2.45, 2.75) is 39.5 Å². The molecule has 0 atom stereocenters. The lowest BCUT2D eigenvalue weighted by Crippen LogP contribution is -2.21. The summed E-state index contributed by atoms with van der Waals surface area (Å²) >= 11 is 2.13. The van der Waals surface area contributed by atoms with Gasteiger partial charge in [-0.25, -0.2) is 15.0 Å². The van der Waals surface area contributed by atoms with Crippen LogP contribution < -0.4 is 0 Å². The SMILES string of the molecule is CCC(C)(C)c1nc(C)nc(I)n1. The van der Waals surface area contributed by atoms with Crippen molar-refractivity contribution in [1.29, 1.82) is 0 Å². The Labute approximate surface area is 92.5 Å². The maximum atomic E-state index is 4.35. The monoisotopic (exact) mass is 291 g/mol. The zero-order chi connectivity index (χ0) is 10.1. The van der Waals surface area contributed by atoms with E-state index in [9.17, 15) is 0 Å². The van der Waals surface area contributed by atoms with Gasteiger partial charge in [-0.05, 0) is 13.3 Å². The van der Waals surface area contributed by atoms with Crippen LogP contribution in [0.15, 0.2) is 0 Å². The molecule has 0 aliphatic carbocycles. The Bertz CT molecular complexity index is 289. The minimum absolute atomic E-state index is 0.0492. The molecule has 0 aromatic carbocycles. The van der Waals surface area contributed by atoms with Crippen LogP contribution in [-0.4, -0.2) is 15.0 Å². The number of rotatable bonds is 2. The first kappa shape index (κ1) is 10.8. The second-order valence-corrected chi connectivity index (χ2v) is 4.68. The molecule has 1 heterocycles. The van der Waals surface area contributed by atoms with Gasteiger partial charge in [-0.2, -0.15) is 0 Å². The summed E-state index contributed by atoms with van der Waals surface area (Å²) < 4.78 is 0.779. The lowest BCUT2D eigenvalue weighted by molar-refractivity contribution is 0.466. The van der Waals surface area contributed by atoms with Crippen molar-refractivity contribution in [2.24, 2.45) is 0 Å². The van der Waals surface area contributed by atoms with Gasteiger partial charge in [0.2, 0.25) is 0 Å². The highest BCUT2D eigenvalue weighted by Crippen LogP contribution is 2.23. The molecular formula is C9H14IN3. The van der Waals surface area contributed by atoms with Crippen molar-refractivity contribution in [3.05, 3.63) is 15.5 Å². The van der Waals surface area contributed by atoms with E-state index in [2.05, 4.69) is 58.3 Å². The fourth-order valence-corrected chi connectivity index (χ4v) is 1.49. The van der Waals surface area contributed by atoms with Gasteiger partial charge in [0.05, 0.1) is 0 Å². The van der Waals surface area contributed by atoms with Gasteiger partial charge in [0.25, 0.3) is 0 Å². The summed E-state index contributed by atoms with van der Waals surface area (Å²) in [6.07, 6.45) is 1.03. The van der Waals surface area contributed by atoms with E-state index >= 15 is 0 Å². The average molecular weight is 291 g/mol. The molecule has 1 aromatic rings. The largest absolute Gasteiger partial charge is 0.218 e. The van der Waals surface area contributed by atoms with E-state index in [1.165, 1.54) is 0 Å². The molecule has 0 spiro atoms. The van der Waals surface area contributed by atoms with Gasteiger partial charge in [-0.1, -0.05) is 20.8 Å². The van der Waals surface area contributed by atoms with Gasteiger partial charge in [-0.3, -0.25) is 0 Å². The van der Waals surface area contributed by atoms with Crippen LogP contribution >= 0.6 is 22.6 Å². The van der Waals surface area contributed by atoms with Crippen molar-refractivity contribution < 1.29 is 0 Å². The molecule has 0 saturated heterocycles. The summed E-state index contributed by atoms with van der Waals surface area (Å²) in [4.78, 5) is 12.8. The number of hydrogen-bond donors (Lipinski definition) is 0. The third-order valence-corrected chi connectivity index (χ3v) is 2.69. The molecule has 0 unspecified atom stereocenters. The first-order valence-electron chi connectivity index (χ1n) is 4.34. The summed E-state index contributed by atoms with van der Waals surface area (Å²) in [6, 6.07) is 0. The maximum Gasteiger partial charge on any atom is 0.194 e. The third-order valence-electron chi connectivity index (χ3n) is 2.21. The van der Waals surface area contributed by atoms with Crippen molar-refractivity contribution >= 4 is 22.6 Å². The lowest BCUT2D eigenvalue weighted by Gasteiger charge is -2.20. The standard InChI is InChI=1S/C9H14IN3/c1-5-9(3,4)7-11-6(2)12-8(10)13-7/h5H2,1-4H3. The summed E-state index contributed by atoms with van der Waals surface area (Å²) in [7, 11) is 0. The van der Waals surface area contributed by atoms with Crippen LogP contribution in [0.1, 0.15) is 38.8 Å². The molecule has 0 fully saturated rings. The molecule has 1 aromatic heterocycles. The minimum Gasteiger partial charge on any atom is -0.218 e. The second kappa shape index (κ2) is 3.86. The Morgan fingerprint density at radius 1 is 1.23 bits per heavy atom. The molecule has 13 heavy (non-hydrogen) atoms. The topological polar surface area (TPSA) is 38.7 Å².